The number of β-amino-alcohol motifs (C(OH)–C–C–N with tert-alkyl or cyclic N) is 1. The van der Waals surface area contributed by atoms with Crippen LogP contribution in [0.15, 0.2) is 0 Å². The zero-order valence-electron chi connectivity index (χ0n) is 10.5. The molecule has 1 rings (SSSR count). The zero-order chi connectivity index (χ0) is 13.2. The molecule has 17 heavy (non-hydrogen) atoms. The molecular weight excluding hydrogens is 226 g/mol. The molecule has 0 aromatic carbocycles. The molecule has 6 nitrogen and oxygen atoms in total. The Morgan fingerprint density at radius 2 is 1.94 bits per heavy atom. The number of nitrogens with zero attached hydrogens (tertiary/aromatic N) is 1. The van der Waals surface area contributed by atoms with E-state index in [1.807, 2.05) is 0 Å². The second-order valence-electron chi connectivity index (χ2n) is 5.39. The van der Waals surface area contributed by atoms with E-state index < -0.39 is 29.8 Å². The van der Waals surface area contributed by atoms with Gasteiger partial charge in [-0.1, -0.05) is 0 Å². The molecule has 0 radical (unpaired) electrons. The third kappa shape index (κ3) is 3.83. The Labute approximate surface area is 101 Å². The van der Waals surface area contributed by atoms with Gasteiger partial charge in [0.1, 0.15) is 5.60 Å². The highest BCUT2D eigenvalue weighted by Gasteiger charge is 2.37. The van der Waals surface area contributed by atoms with Gasteiger partial charge in [-0.2, -0.15) is 0 Å². The first kappa shape index (κ1) is 14.2. The minimum atomic E-state index is -1.05. The topological polar surface area (TPSA) is 90.2 Å². The van der Waals surface area contributed by atoms with Gasteiger partial charge in [-0.3, -0.25) is 0 Å². The number of piperidine rings is 1. The summed E-state index contributed by atoms with van der Waals surface area (Å²) < 4.78 is 5.17. The summed E-state index contributed by atoms with van der Waals surface area (Å²) in [4.78, 5) is 13.1. The maximum Gasteiger partial charge on any atom is 0.410 e. The van der Waals surface area contributed by atoms with Crippen LogP contribution in [0.2, 0.25) is 0 Å². The number of hydrogen-bond acceptors (Lipinski definition) is 5. The van der Waals surface area contributed by atoms with Crippen LogP contribution in [0.4, 0.5) is 4.79 Å². The van der Waals surface area contributed by atoms with Crippen molar-refractivity contribution in [3.63, 3.8) is 0 Å². The molecule has 2 unspecified atom stereocenters. The second-order valence-corrected chi connectivity index (χ2v) is 5.39. The molecule has 0 aromatic rings. The Morgan fingerprint density at radius 1 is 1.35 bits per heavy atom. The monoisotopic (exact) mass is 247 g/mol. The van der Waals surface area contributed by atoms with E-state index in [0.29, 0.717) is 0 Å². The van der Waals surface area contributed by atoms with Gasteiger partial charge < -0.3 is 25.0 Å². The molecule has 1 aliphatic heterocycles. The molecule has 0 aliphatic carbocycles. The van der Waals surface area contributed by atoms with Crippen molar-refractivity contribution in [2.45, 2.75) is 38.6 Å². The number of rotatable bonds is 1. The minimum Gasteiger partial charge on any atom is -0.444 e. The summed E-state index contributed by atoms with van der Waals surface area (Å²) in [5.41, 5.74) is -0.604. The summed E-state index contributed by atoms with van der Waals surface area (Å²) in [5, 5.41) is 28.2. The average Bonchev–Trinajstić information content (AvgIpc) is 2.19. The van der Waals surface area contributed by atoms with Crippen LogP contribution in [0.3, 0.4) is 0 Å². The summed E-state index contributed by atoms with van der Waals surface area (Å²) in [7, 11) is 0. The number of carbonyl (C=O) groups excluding carboxylic acids is 1. The molecule has 3 atom stereocenters. The van der Waals surface area contributed by atoms with Crippen molar-refractivity contribution in [2.24, 2.45) is 5.92 Å². The number of likely N-dealkylation sites (tertiary alicyclic amines) is 1. The van der Waals surface area contributed by atoms with Gasteiger partial charge in [0.05, 0.1) is 25.4 Å². The first-order valence-corrected chi connectivity index (χ1v) is 5.69. The van der Waals surface area contributed by atoms with E-state index in [4.69, 9.17) is 9.84 Å². The van der Waals surface area contributed by atoms with Crippen LogP contribution in [0.1, 0.15) is 20.8 Å². The van der Waals surface area contributed by atoms with Crippen molar-refractivity contribution in [3.8, 4) is 0 Å². The Morgan fingerprint density at radius 3 is 2.41 bits per heavy atom. The lowest BCUT2D eigenvalue weighted by atomic mass is 9.93. The fraction of sp³-hybridized carbons (Fsp3) is 0.909. The maximum absolute atomic E-state index is 11.8. The fourth-order valence-electron chi connectivity index (χ4n) is 1.75. The molecule has 0 bridgehead atoms. The van der Waals surface area contributed by atoms with Gasteiger partial charge in [-0.05, 0) is 20.8 Å². The molecule has 1 fully saturated rings. The Hall–Kier alpha value is -0.850. The Kier molecular flexibility index (Phi) is 4.35. The number of aliphatic hydroxyl groups excluding tert-OH is 3. The van der Waals surface area contributed by atoms with Crippen molar-refractivity contribution in [1.82, 2.24) is 4.90 Å². The molecule has 0 aromatic heterocycles. The molecule has 1 saturated heterocycles. The van der Waals surface area contributed by atoms with Gasteiger partial charge in [0, 0.05) is 12.5 Å². The van der Waals surface area contributed by atoms with E-state index in [0.717, 1.165) is 0 Å². The lowest BCUT2D eigenvalue weighted by Gasteiger charge is -2.38. The maximum atomic E-state index is 11.8. The van der Waals surface area contributed by atoms with E-state index >= 15 is 0 Å². The standard InChI is InChI=1S/C11H21NO5/c1-11(2,3)17-10(16)12-4-7(6-13)9(15)8(14)5-12/h7-9,13-15H,4-6H2,1-3H3/t7?,8-,9?/m1/s1. The molecule has 6 heteroatoms. The van der Waals surface area contributed by atoms with E-state index in [9.17, 15) is 15.0 Å². The summed E-state index contributed by atoms with van der Waals surface area (Å²) in [6.07, 6.45) is -2.59. The van der Waals surface area contributed by atoms with Gasteiger partial charge in [0.15, 0.2) is 0 Å². The third-order valence-electron chi connectivity index (χ3n) is 2.63. The van der Waals surface area contributed by atoms with E-state index in [1.54, 1.807) is 20.8 Å². The first-order chi connectivity index (χ1) is 7.74. The molecule has 0 saturated carbocycles. The highest BCUT2D eigenvalue weighted by atomic mass is 16.6. The normalized spacial score (nSPS) is 30.2. The fourth-order valence-corrected chi connectivity index (χ4v) is 1.75. The van der Waals surface area contributed by atoms with Crippen molar-refractivity contribution in [1.29, 1.82) is 0 Å². The number of hydrogen-bond donors (Lipinski definition) is 3. The van der Waals surface area contributed by atoms with E-state index in [2.05, 4.69) is 0 Å². The summed E-state index contributed by atoms with van der Waals surface area (Å²) in [5.74, 6) is -0.536. The largest absolute Gasteiger partial charge is 0.444 e. The van der Waals surface area contributed by atoms with Gasteiger partial charge in [0.2, 0.25) is 0 Å². The second kappa shape index (κ2) is 5.20. The number of amides is 1. The molecular formula is C11H21NO5. The van der Waals surface area contributed by atoms with E-state index in [1.165, 1.54) is 4.90 Å². The predicted molar refractivity (Wildman–Crippen MR) is 60.4 cm³/mol. The zero-order valence-corrected chi connectivity index (χ0v) is 10.5. The van der Waals surface area contributed by atoms with Gasteiger partial charge in [-0.15, -0.1) is 0 Å². The van der Waals surface area contributed by atoms with Crippen LogP contribution in [-0.2, 0) is 4.74 Å². The molecule has 3 N–H and O–H groups in total. The highest BCUT2D eigenvalue weighted by molar-refractivity contribution is 5.68. The van der Waals surface area contributed by atoms with Crippen LogP contribution in [0.5, 0.6) is 0 Å². The van der Waals surface area contributed by atoms with Crippen LogP contribution in [0, 0.1) is 5.92 Å². The summed E-state index contributed by atoms with van der Waals surface area (Å²) >= 11 is 0. The van der Waals surface area contributed by atoms with E-state index in [-0.39, 0.29) is 19.7 Å². The SMILES string of the molecule is CC(C)(C)OC(=O)N1CC(CO)C(O)[C@H](O)C1. The first-order valence-electron chi connectivity index (χ1n) is 5.69. The number of aliphatic hydroxyl groups is 3. The van der Waals surface area contributed by atoms with Crippen LogP contribution in [0.25, 0.3) is 0 Å². The lowest BCUT2D eigenvalue weighted by molar-refractivity contribution is -0.0871. The Bertz CT molecular complexity index is 276. The molecule has 1 aliphatic rings. The Balaban J connectivity index is 2.63. The third-order valence-corrected chi connectivity index (χ3v) is 2.63. The summed E-state index contributed by atoms with van der Waals surface area (Å²) in [6.45, 7) is 5.19. The summed E-state index contributed by atoms with van der Waals surface area (Å²) in [6, 6.07) is 0. The van der Waals surface area contributed by atoms with Crippen molar-refractivity contribution >= 4 is 6.09 Å². The molecule has 1 heterocycles. The van der Waals surface area contributed by atoms with Crippen LogP contribution >= 0.6 is 0 Å². The quantitative estimate of drug-likeness (QED) is 0.585. The molecule has 1 amide bonds. The van der Waals surface area contributed by atoms with Crippen LogP contribution < -0.4 is 0 Å². The molecule has 0 spiro atoms. The predicted octanol–water partition coefficient (Wildman–Crippen LogP) is -0.433. The van der Waals surface area contributed by atoms with Gasteiger partial charge in [-0.25, -0.2) is 4.79 Å². The molecule has 100 valence electrons. The smallest absolute Gasteiger partial charge is 0.410 e. The highest BCUT2D eigenvalue weighted by Crippen LogP contribution is 2.19. The van der Waals surface area contributed by atoms with Gasteiger partial charge in [0.25, 0.3) is 0 Å². The number of carbonyl (C=O) groups is 1. The average molecular weight is 247 g/mol. The van der Waals surface area contributed by atoms with Crippen molar-refractivity contribution < 1.29 is 24.9 Å². The van der Waals surface area contributed by atoms with Crippen LogP contribution in [-0.4, -0.2) is 63.8 Å². The minimum absolute atomic E-state index is 0.0204. The van der Waals surface area contributed by atoms with Crippen molar-refractivity contribution in [2.75, 3.05) is 19.7 Å². The number of ether oxygens (including phenoxy) is 1. The van der Waals surface area contributed by atoms with Crippen molar-refractivity contribution in [3.05, 3.63) is 0 Å². The van der Waals surface area contributed by atoms with Gasteiger partial charge >= 0.3 is 6.09 Å². The lowest BCUT2D eigenvalue weighted by Crippen LogP contribution is -2.55.